The molecule has 0 aromatic heterocycles. The van der Waals surface area contributed by atoms with Gasteiger partial charge in [0.25, 0.3) is 10.0 Å². The molecule has 0 radical (unpaired) electrons. The fourth-order valence-corrected chi connectivity index (χ4v) is 5.42. The van der Waals surface area contributed by atoms with Gasteiger partial charge in [0.2, 0.25) is 5.88 Å². The average Bonchev–Trinajstić information content (AvgIpc) is 2.90. The third-order valence-electron chi connectivity index (χ3n) is 6.17. The van der Waals surface area contributed by atoms with Crippen LogP contribution in [0.3, 0.4) is 0 Å². The molecule has 0 N–H and O–H groups in total. The molecule has 1 aliphatic rings. The fourth-order valence-electron chi connectivity index (χ4n) is 4.20. The van der Waals surface area contributed by atoms with Crippen LogP contribution >= 0.6 is 0 Å². The van der Waals surface area contributed by atoms with E-state index in [0.29, 0.717) is 17.0 Å². The SMILES string of the molecule is Cc1ccc(S(=O)(=O)N(C)/C(=C2\N=C(c3ccccc3)c3cccc(C)c3O2)c2ccccc2)cc1. The number of fused-ring (bicyclic) bond motifs is 1. The maximum atomic E-state index is 13.8. The third kappa shape index (κ3) is 4.32. The Morgan fingerprint density at radius 3 is 2.08 bits per heavy atom. The van der Waals surface area contributed by atoms with Crippen molar-refractivity contribution in [3.63, 3.8) is 0 Å². The van der Waals surface area contributed by atoms with Crippen LogP contribution < -0.4 is 4.74 Å². The number of hydrogen-bond donors (Lipinski definition) is 0. The second kappa shape index (κ2) is 9.47. The predicted molar refractivity (Wildman–Crippen MR) is 143 cm³/mol. The highest BCUT2D eigenvalue weighted by Crippen LogP contribution is 2.37. The lowest BCUT2D eigenvalue weighted by molar-refractivity contribution is 0.405. The molecule has 0 unspecified atom stereocenters. The van der Waals surface area contributed by atoms with Crippen LogP contribution in [0.5, 0.6) is 5.75 Å². The molecule has 36 heavy (non-hydrogen) atoms. The van der Waals surface area contributed by atoms with Gasteiger partial charge in [0, 0.05) is 23.7 Å². The topological polar surface area (TPSA) is 59.0 Å². The molecule has 0 saturated carbocycles. The van der Waals surface area contributed by atoms with Crippen molar-refractivity contribution >= 4 is 21.4 Å². The quantitative estimate of drug-likeness (QED) is 0.333. The lowest BCUT2D eigenvalue weighted by Crippen LogP contribution is -2.28. The van der Waals surface area contributed by atoms with Crippen LogP contribution in [0, 0.1) is 13.8 Å². The molecule has 1 heterocycles. The number of hydrogen-bond acceptors (Lipinski definition) is 4. The van der Waals surface area contributed by atoms with Crippen molar-refractivity contribution in [3.05, 3.63) is 137 Å². The third-order valence-corrected chi connectivity index (χ3v) is 7.94. The molecule has 6 heteroatoms. The van der Waals surface area contributed by atoms with E-state index in [0.717, 1.165) is 28.0 Å². The second-order valence-electron chi connectivity index (χ2n) is 8.69. The van der Waals surface area contributed by atoms with Crippen LogP contribution in [-0.4, -0.2) is 25.5 Å². The Labute approximate surface area is 212 Å². The highest BCUT2D eigenvalue weighted by Gasteiger charge is 2.31. The summed E-state index contributed by atoms with van der Waals surface area (Å²) in [7, 11) is -2.36. The van der Waals surface area contributed by atoms with E-state index in [1.807, 2.05) is 92.7 Å². The Morgan fingerprint density at radius 1 is 0.778 bits per heavy atom. The zero-order valence-corrected chi connectivity index (χ0v) is 21.2. The first-order valence-corrected chi connectivity index (χ1v) is 13.1. The standard InChI is InChI=1S/C30H26N2O3S/c1-21-17-19-25(20-18-21)36(33,34)32(3)28(24-14-8-5-9-15-24)30-31-27(23-12-6-4-7-13-23)26-16-10-11-22(2)29(26)35-30/h4-20H,1-3H3/b30-28+. The lowest BCUT2D eigenvalue weighted by Gasteiger charge is -2.28. The molecule has 5 rings (SSSR count). The van der Waals surface area contributed by atoms with Gasteiger partial charge in [-0.25, -0.2) is 13.4 Å². The second-order valence-corrected chi connectivity index (χ2v) is 10.7. The zero-order chi connectivity index (χ0) is 25.3. The summed E-state index contributed by atoms with van der Waals surface area (Å²) in [6, 6.07) is 31.9. The van der Waals surface area contributed by atoms with Crippen LogP contribution in [0.4, 0.5) is 0 Å². The number of nitrogens with zero attached hydrogens (tertiary/aromatic N) is 2. The molecular formula is C30H26N2O3S. The molecule has 0 spiro atoms. The van der Waals surface area contributed by atoms with E-state index >= 15 is 0 Å². The molecule has 0 saturated heterocycles. The maximum absolute atomic E-state index is 13.8. The lowest BCUT2D eigenvalue weighted by atomic mass is 9.98. The Balaban J connectivity index is 1.77. The highest BCUT2D eigenvalue weighted by atomic mass is 32.2. The van der Waals surface area contributed by atoms with Gasteiger partial charge in [0.15, 0.2) is 0 Å². The maximum Gasteiger partial charge on any atom is 0.264 e. The highest BCUT2D eigenvalue weighted by molar-refractivity contribution is 7.89. The first-order chi connectivity index (χ1) is 17.4. The largest absolute Gasteiger partial charge is 0.436 e. The molecule has 4 aromatic rings. The minimum absolute atomic E-state index is 0.198. The molecule has 0 fully saturated rings. The number of para-hydroxylation sites is 1. The average molecular weight is 495 g/mol. The summed E-state index contributed by atoms with van der Waals surface area (Å²) in [5, 5.41) is 0. The first kappa shape index (κ1) is 23.6. The van der Waals surface area contributed by atoms with Crippen molar-refractivity contribution in [2.75, 3.05) is 7.05 Å². The van der Waals surface area contributed by atoms with Crippen molar-refractivity contribution in [1.29, 1.82) is 0 Å². The van der Waals surface area contributed by atoms with Crippen molar-refractivity contribution < 1.29 is 13.2 Å². The van der Waals surface area contributed by atoms with Gasteiger partial charge in [0.05, 0.1) is 10.6 Å². The summed E-state index contributed by atoms with van der Waals surface area (Å²) in [5.41, 5.74) is 5.47. The number of benzene rings is 4. The summed E-state index contributed by atoms with van der Waals surface area (Å²) in [6.45, 7) is 3.90. The summed E-state index contributed by atoms with van der Waals surface area (Å²) < 4.78 is 35.2. The van der Waals surface area contributed by atoms with Crippen molar-refractivity contribution in [3.8, 4) is 5.75 Å². The predicted octanol–water partition coefficient (Wildman–Crippen LogP) is 6.18. The summed E-state index contributed by atoms with van der Waals surface area (Å²) in [5.74, 6) is 0.885. The van der Waals surface area contributed by atoms with E-state index in [2.05, 4.69) is 0 Å². The Hall–Kier alpha value is -4.16. The number of aryl methyl sites for hydroxylation is 2. The van der Waals surface area contributed by atoms with E-state index < -0.39 is 10.0 Å². The van der Waals surface area contributed by atoms with Crippen LogP contribution in [0.25, 0.3) is 5.70 Å². The van der Waals surface area contributed by atoms with E-state index in [-0.39, 0.29) is 10.8 Å². The summed E-state index contributed by atoms with van der Waals surface area (Å²) in [4.78, 5) is 5.12. The number of rotatable bonds is 5. The molecule has 0 bridgehead atoms. The normalized spacial score (nSPS) is 14.4. The molecule has 0 aliphatic carbocycles. The van der Waals surface area contributed by atoms with Gasteiger partial charge in [-0.3, -0.25) is 4.31 Å². The molecule has 180 valence electrons. The molecule has 4 aromatic carbocycles. The summed E-state index contributed by atoms with van der Waals surface area (Å²) >= 11 is 0. The van der Waals surface area contributed by atoms with E-state index in [4.69, 9.17) is 9.73 Å². The van der Waals surface area contributed by atoms with Gasteiger partial charge >= 0.3 is 0 Å². The van der Waals surface area contributed by atoms with Gasteiger partial charge in [-0.05, 0) is 37.6 Å². The van der Waals surface area contributed by atoms with Crippen LogP contribution in [0.15, 0.2) is 119 Å². The molecule has 5 nitrogen and oxygen atoms in total. The molecule has 1 aliphatic heterocycles. The van der Waals surface area contributed by atoms with E-state index in [1.165, 1.54) is 4.31 Å². The van der Waals surface area contributed by atoms with Gasteiger partial charge < -0.3 is 4.74 Å². The van der Waals surface area contributed by atoms with Crippen LogP contribution in [-0.2, 0) is 10.0 Å². The van der Waals surface area contributed by atoms with Gasteiger partial charge in [-0.2, -0.15) is 0 Å². The molecule has 0 atom stereocenters. The Morgan fingerprint density at radius 2 is 1.42 bits per heavy atom. The fraction of sp³-hybridized carbons (Fsp3) is 0.100. The van der Waals surface area contributed by atoms with E-state index in [9.17, 15) is 8.42 Å². The smallest absolute Gasteiger partial charge is 0.264 e. The monoisotopic (exact) mass is 494 g/mol. The van der Waals surface area contributed by atoms with Crippen molar-refractivity contribution in [1.82, 2.24) is 4.31 Å². The van der Waals surface area contributed by atoms with Gasteiger partial charge in [-0.1, -0.05) is 90.5 Å². The first-order valence-electron chi connectivity index (χ1n) is 11.6. The number of aliphatic imine (C=N–C) groups is 1. The van der Waals surface area contributed by atoms with Crippen molar-refractivity contribution in [2.24, 2.45) is 4.99 Å². The van der Waals surface area contributed by atoms with Crippen LogP contribution in [0.1, 0.15) is 27.8 Å². The van der Waals surface area contributed by atoms with Gasteiger partial charge in [0.1, 0.15) is 11.4 Å². The van der Waals surface area contributed by atoms with Crippen LogP contribution in [0.2, 0.25) is 0 Å². The minimum atomic E-state index is -3.90. The Kier molecular flexibility index (Phi) is 6.20. The summed E-state index contributed by atoms with van der Waals surface area (Å²) in [6.07, 6.45) is 0. The minimum Gasteiger partial charge on any atom is -0.436 e. The Bertz CT molecular complexity index is 1570. The van der Waals surface area contributed by atoms with Gasteiger partial charge in [-0.15, -0.1) is 0 Å². The van der Waals surface area contributed by atoms with E-state index in [1.54, 1.807) is 31.3 Å². The molecular weight excluding hydrogens is 468 g/mol. The number of sulfonamides is 1. The molecule has 0 amide bonds. The number of ether oxygens (including phenoxy) is 1. The van der Waals surface area contributed by atoms with Crippen molar-refractivity contribution in [2.45, 2.75) is 18.7 Å². The zero-order valence-electron chi connectivity index (χ0n) is 20.3.